The third-order valence-electron chi connectivity index (χ3n) is 18.3. The van der Waals surface area contributed by atoms with Crippen molar-refractivity contribution in [2.45, 2.75) is 124 Å². The Kier molecular flexibility index (Phi) is 21.7. The number of nitrogens with one attached hydrogen (secondary N) is 5. The van der Waals surface area contributed by atoms with E-state index in [9.17, 15) is 64.5 Å². The lowest BCUT2D eigenvalue weighted by Crippen LogP contribution is -2.64. The maximum Gasteiger partial charge on any atom is 0.409 e. The van der Waals surface area contributed by atoms with Crippen LogP contribution in [-0.2, 0) is 44.7 Å². The van der Waals surface area contributed by atoms with E-state index in [0.29, 0.717) is 0 Å². The second-order valence-electron chi connectivity index (χ2n) is 25.0. The smallest absolute Gasteiger partial charge is 0.409 e. The first kappa shape index (κ1) is 68.6. The number of fused-ring (bicyclic) bond motifs is 8. The number of aliphatic hydroxyl groups excluding tert-OH is 6. The number of aliphatic hydroxyl groups is 6. The van der Waals surface area contributed by atoms with Crippen molar-refractivity contribution in [3.8, 4) is 33.8 Å². The summed E-state index contributed by atoms with van der Waals surface area (Å²) in [6, 6.07) is 24.2. The van der Waals surface area contributed by atoms with Crippen molar-refractivity contribution < 1.29 is 88.3 Å². The maximum atomic E-state index is 15.2. The topological polar surface area (TPSA) is 402 Å². The summed E-state index contributed by atoms with van der Waals surface area (Å²) in [5.41, 5.74) is 14.4. The van der Waals surface area contributed by atoms with Crippen molar-refractivity contribution in [3.05, 3.63) is 143 Å². The fourth-order valence-corrected chi connectivity index (χ4v) is 13.2. The van der Waals surface area contributed by atoms with Crippen molar-refractivity contribution in [2.75, 3.05) is 59.6 Å². The number of alkyl carbamates (subject to hydrolysis) is 1. The number of amides is 8. The Labute approximate surface area is 547 Å². The number of nitrogens with zero attached hydrogens (tertiary/aromatic N) is 3. The molecule has 0 spiro atoms. The van der Waals surface area contributed by atoms with E-state index in [-0.39, 0.29) is 68.4 Å². The van der Waals surface area contributed by atoms with Gasteiger partial charge in [-0.15, -0.1) is 0 Å². The Morgan fingerprint density at radius 3 is 1.80 bits per heavy atom. The number of carbonyl (C=O) groups is 8. The largest absolute Gasteiger partial charge is 0.504 e. The van der Waals surface area contributed by atoms with Gasteiger partial charge in [0.25, 0.3) is 0 Å². The molecule has 13 atom stereocenters. The van der Waals surface area contributed by atoms with Gasteiger partial charge in [0.05, 0.1) is 49.2 Å². The summed E-state index contributed by atoms with van der Waals surface area (Å²) >= 11 is 0. The van der Waals surface area contributed by atoms with Gasteiger partial charge in [0, 0.05) is 63.8 Å². The van der Waals surface area contributed by atoms with Gasteiger partial charge in [-0.05, 0) is 82.0 Å². The van der Waals surface area contributed by atoms with E-state index in [2.05, 4.69) is 26.6 Å². The number of nitrogens with two attached hydrogens (primary N) is 1. The Morgan fingerprint density at radius 1 is 0.663 bits per heavy atom. The highest BCUT2D eigenvalue weighted by atomic mass is 16.6. The van der Waals surface area contributed by atoms with E-state index < -0.39 is 165 Å². The summed E-state index contributed by atoms with van der Waals surface area (Å²) in [5.74, 6) is -8.54. The van der Waals surface area contributed by atoms with Crippen LogP contribution in [0.2, 0.25) is 0 Å². The van der Waals surface area contributed by atoms with Crippen molar-refractivity contribution in [3.63, 3.8) is 0 Å². The van der Waals surface area contributed by atoms with Gasteiger partial charge in [0.1, 0.15) is 50.0 Å². The van der Waals surface area contributed by atoms with Crippen molar-refractivity contribution in [2.24, 2.45) is 11.7 Å². The molecule has 3 heterocycles. The highest BCUT2D eigenvalue weighted by Crippen LogP contribution is 2.46. The predicted octanol–water partition coefficient (Wildman–Crippen LogP) is 0.0579. The minimum atomic E-state index is -2.13. The minimum Gasteiger partial charge on any atom is -0.504 e. The molecule has 0 unspecified atom stereocenters. The van der Waals surface area contributed by atoms with Crippen LogP contribution in [0.1, 0.15) is 72.8 Å². The summed E-state index contributed by atoms with van der Waals surface area (Å²) in [7, 11) is 1.51. The van der Waals surface area contributed by atoms with Crippen molar-refractivity contribution in [1.29, 1.82) is 0 Å². The highest BCUT2D eigenvalue weighted by molar-refractivity contribution is 5.98. The predicted molar refractivity (Wildman–Crippen MR) is 341 cm³/mol. The maximum absolute atomic E-state index is 15.2. The van der Waals surface area contributed by atoms with Crippen LogP contribution in [0.3, 0.4) is 0 Å². The number of aromatic hydroxyl groups is 1. The average molecular weight is 1310 g/mol. The third-order valence-corrected chi connectivity index (χ3v) is 18.3. The molecule has 0 radical (unpaired) electrons. The van der Waals surface area contributed by atoms with E-state index in [0.717, 1.165) is 61.2 Å². The number of ether oxygens (including phenoxy) is 3. The molecule has 506 valence electrons. The second kappa shape index (κ2) is 30.0. The molecule has 8 amide bonds. The van der Waals surface area contributed by atoms with E-state index in [4.69, 9.17) is 19.9 Å². The summed E-state index contributed by atoms with van der Waals surface area (Å²) < 4.78 is 17.4. The van der Waals surface area contributed by atoms with Crippen LogP contribution < -0.4 is 37.1 Å². The van der Waals surface area contributed by atoms with Gasteiger partial charge in [0.15, 0.2) is 11.5 Å². The molecule has 95 heavy (non-hydrogen) atoms. The van der Waals surface area contributed by atoms with E-state index >= 15 is 9.59 Å². The van der Waals surface area contributed by atoms with Gasteiger partial charge in [-0.1, -0.05) is 110 Å². The quantitative estimate of drug-likeness (QED) is 0.0621. The summed E-state index contributed by atoms with van der Waals surface area (Å²) in [6.07, 6.45) is -13.6. The Hall–Kier alpha value is -9.22. The fraction of sp³-hybridized carbons (Fsp3) is 0.441. The minimum absolute atomic E-state index is 0.0223. The molecular weight excluding hydrogens is 1230 g/mol. The zero-order valence-corrected chi connectivity index (χ0v) is 52.7. The zero-order valence-electron chi connectivity index (χ0n) is 52.7. The molecule has 3 saturated heterocycles. The monoisotopic (exact) mass is 1310 g/mol. The molecule has 2 aliphatic carbocycles. The lowest BCUT2D eigenvalue weighted by Gasteiger charge is -2.34. The van der Waals surface area contributed by atoms with E-state index in [1.54, 1.807) is 0 Å². The standard InChI is InChI=1S/C68H81N9O18/c1-35-31-77-59(60(35)84)64(88)71-30-38(79)28-50(69)61(85)72-56(36(2)78)65(89)76-32-39(80)29-51(76)62(86)73-57(63(87)74-58(66(77)90)53(82)22-23-70-67(91)94-33-48-44-16-8-4-12-40(44)41-13-5-9-17-45(41)48)54(83)26-37-20-21-52(81)55(27-37)93-25-24-75(3)68(92)95-34-49-46-18-10-6-14-42(46)43-15-7-11-19-47(43)49/h4-21,27,35-36,38-39,48-51,53-54,56-60,78-84H,22-26,28-34,69H2,1-3H3,(H,70,91)(H,71,88)(H,72,85)(H,73,86)(H,74,87)/t35-,36+,38+,39+,50-,51-,53+,54+,56-,57-,58-,59-,60-/m0/s1. The second-order valence-corrected chi connectivity index (χ2v) is 25.0. The molecule has 14 N–H and O–H groups in total. The van der Waals surface area contributed by atoms with Crippen LogP contribution in [0, 0.1) is 5.92 Å². The normalized spacial score (nSPS) is 25.2. The number of phenolic OH excluding ortho intramolecular Hbond substituents is 1. The SMILES string of the molecule is C[C@@H](O)[C@@H]1NC(=O)[C@@H](N)C[C@@H](O)CNC(=O)[C@@H]2[C@@H](O)[C@@H](C)CN2C(=O)[C@H]([C@H](O)CCNC(=O)OCC2c3ccccc3-c3ccccc32)NC(=O)[C@H]([C@H](O)Cc2ccc(O)c(OCCN(C)C(=O)OCC3c4ccccc4-c4ccccc43)c2)NC(=O)[C@@H]2C[C@@H](O)CN2C1=O. The van der Waals surface area contributed by atoms with Crippen LogP contribution in [-0.4, -0.2) is 231 Å². The molecule has 10 rings (SSSR count). The Balaban J connectivity index is 0.889. The molecule has 3 aliphatic heterocycles. The van der Waals surface area contributed by atoms with Crippen molar-refractivity contribution in [1.82, 2.24) is 41.3 Å². The van der Waals surface area contributed by atoms with Gasteiger partial charge in [0.2, 0.25) is 35.4 Å². The number of rotatable bonds is 16. The third kappa shape index (κ3) is 15.3. The fourth-order valence-electron chi connectivity index (χ4n) is 13.2. The molecule has 0 bridgehead atoms. The first-order valence-corrected chi connectivity index (χ1v) is 31.7. The lowest BCUT2D eigenvalue weighted by atomic mass is 9.98. The van der Waals surface area contributed by atoms with Crippen molar-refractivity contribution >= 4 is 47.6 Å². The summed E-state index contributed by atoms with van der Waals surface area (Å²) in [6.45, 7) is 0.673. The number of benzene rings is 5. The molecule has 5 aromatic rings. The van der Waals surface area contributed by atoms with Crippen LogP contribution >= 0.6 is 0 Å². The molecule has 0 saturated carbocycles. The van der Waals surface area contributed by atoms with Gasteiger partial charge in [-0.2, -0.15) is 0 Å². The van der Waals surface area contributed by atoms with Gasteiger partial charge < -0.3 is 97.0 Å². The number of phenols is 1. The molecule has 3 fully saturated rings. The lowest BCUT2D eigenvalue weighted by molar-refractivity contribution is -0.147. The van der Waals surface area contributed by atoms with Gasteiger partial charge in [-0.25, -0.2) is 9.59 Å². The number of likely N-dealkylation sites (N-methyl/N-ethyl adjacent to an activating group) is 1. The summed E-state index contributed by atoms with van der Waals surface area (Å²) in [4.78, 5) is 117. The molecule has 5 aromatic carbocycles. The van der Waals surface area contributed by atoms with Crippen LogP contribution in [0.15, 0.2) is 115 Å². The molecule has 27 heteroatoms. The van der Waals surface area contributed by atoms with E-state index in [1.807, 2.05) is 97.1 Å². The number of β-amino-alcohol motifs (C(OH)–C–C–N with tert-alkyl or cyclic N) is 1. The number of carbonyl (C=O) groups excluding carboxylic acids is 8. The van der Waals surface area contributed by atoms with Crippen LogP contribution in [0.5, 0.6) is 11.5 Å². The zero-order chi connectivity index (χ0) is 67.9. The number of hydrogen-bond donors (Lipinski definition) is 13. The number of hydrogen-bond acceptors (Lipinski definition) is 19. The Morgan fingerprint density at radius 2 is 1.21 bits per heavy atom. The first-order chi connectivity index (χ1) is 45.5. The molecular formula is C68H81N9O18. The highest BCUT2D eigenvalue weighted by Gasteiger charge is 2.50. The first-order valence-electron chi connectivity index (χ1n) is 31.7. The summed E-state index contributed by atoms with van der Waals surface area (Å²) in [5, 5.41) is 92.0. The van der Waals surface area contributed by atoms with E-state index in [1.165, 1.54) is 37.1 Å². The average Bonchev–Trinajstić information content (AvgIpc) is 1.64. The van der Waals surface area contributed by atoms with Gasteiger partial charge in [-0.3, -0.25) is 28.8 Å². The molecule has 27 nitrogen and oxygen atoms in total. The molecule has 0 aromatic heterocycles. The van der Waals surface area contributed by atoms with Crippen LogP contribution in [0.25, 0.3) is 22.3 Å². The van der Waals surface area contributed by atoms with Gasteiger partial charge >= 0.3 is 12.2 Å². The Bertz CT molecular complexity index is 3580. The van der Waals surface area contributed by atoms with Crippen LogP contribution in [0.4, 0.5) is 9.59 Å². The molecule has 5 aliphatic rings.